The quantitative estimate of drug-likeness (QED) is 0.359. The van der Waals surface area contributed by atoms with Gasteiger partial charge in [0.2, 0.25) is 0 Å². The SMILES string of the molecule is Nc1ccc(-c2c(Cl)c(Cl)c(Cl)c(Cl)c2Cl)cc1F. The summed E-state index contributed by atoms with van der Waals surface area (Å²) >= 11 is 30.0. The van der Waals surface area contributed by atoms with Gasteiger partial charge in [-0.3, -0.25) is 0 Å². The summed E-state index contributed by atoms with van der Waals surface area (Å²) in [6.07, 6.45) is 0. The summed E-state index contributed by atoms with van der Waals surface area (Å²) in [5.41, 5.74) is 6.14. The number of hydrogen-bond acceptors (Lipinski definition) is 1. The van der Waals surface area contributed by atoms with Gasteiger partial charge in [-0.1, -0.05) is 64.1 Å². The van der Waals surface area contributed by atoms with Crippen molar-refractivity contribution in [3.05, 3.63) is 49.1 Å². The Bertz CT molecular complexity index is 643. The third kappa shape index (κ3) is 2.61. The summed E-state index contributed by atoms with van der Waals surface area (Å²) in [5.74, 6) is -0.591. The molecule has 0 bridgehead atoms. The Morgan fingerprint density at radius 2 is 1.26 bits per heavy atom. The molecule has 0 aromatic heterocycles. The second kappa shape index (κ2) is 5.55. The molecule has 0 aliphatic rings. The average molecular weight is 359 g/mol. The summed E-state index contributed by atoms with van der Waals surface area (Å²) in [5, 5.41) is 0.378. The van der Waals surface area contributed by atoms with Crippen LogP contribution in [0, 0.1) is 5.82 Å². The molecule has 0 aliphatic carbocycles. The number of benzene rings is 2. The second-order valence-corrected chi connectivity index (χ2v) is 5.57. The van der Waals surface area contributed by atoms with E-state index in [2.05, 4.69) is 0 Å². The lowest BCUT2D eigenvalue weighted by molar-refractivity contribution is 0.633. The molecule has 100 valence electrons. The van der Waals surface area contributed by atoms with Gasteiger partial charge in [-0.2, -0.15) is 0 Å². The molecule has 0 aliphatic heterocycles. The maximum atomic E-state index is 13.5. The van der Waals surface area contributed by atoms with E-state index in [4.69, 9.17) is 63.7 Å². The largest absolute Gasteiger partial charge is 0.396 e. The van der Waals surface area contributed by atoms with Crippen molar-refractivity contribution < 1.29 is 4.39 Å². The Balaban J connectivity index is 2.79. The van der Waals surface area contributed by atoms with Crippen LogP contribution in [0.15, 0.2) is 18.2 Å². The zero-order chi connectivity index (χ0) is 14.3. The Kier molecular flexibility index (Phi) is 4.38. The van der Waals surface area contributed by atoms with Crippen molar-refractivity contribution in [1.29, 1.82) is 0 Å². The number of rotatable bonds is 1. The van der Waals surface area contributed by atoms with Gasteiger partial charge in [0.25, 0.3) is 0 Å². The molecule has 0 saturated heterocycles. The number of nitrogen functional groups attached to an aromatic ring is 1. The van der Waals surface area contributed by atoms with Crippen molar-refractivity contribution >= 4 is 63.7 Å². The third-order valence-corrected chi connectivity index (χ3v) is 4.78. The Hall–Kier alpha value is -0.380. The highest BCUT2D eigenvalue weighted by Crippen LogP contribution is 2.48. The van der Waals surface area contributed by atoms with E-state index < -0.39 is 5.82 Å². The molecule has 19 heavy (non-hydrogen) atoms. The first kappa shape index (κ1) is 15.0. The normalized spacial score (nSPS) is 10.8. The van der Waals surface area contributed by atoms with Crippen LogP contribution in [-0.4, -0.2) is 0 Å². The van der Waals surface area contributed by atoms with E-state index in [1.54, 1.807) is 6.07 Å². The van der Waals surface area contributed by atoms with Crippen LogP contribution in [0.25, 0.3) is 11.1 Å². The van der Waals surface area contributed by atoms with Gasteiger partial charge in [-0.05, 0) is 17.7 Å². The molecule has 1 nitrogen and oxygen atoms in total. The molecule has 0 fully saturated rings. The van der Waals surface area contributed by atoms with Crippen LogP contribution < -0.4 is 5.73 Å². The smallest absolute Gasteiger partial charge is 0.146 e. The van der Waals surface area contributed by atoms with E-state index in [-0.39, 0.29) is 30.8 Å². The first-order valence-electron chi connectivity index (χ1n) is 4.91. The van der Waals surface area contributed by atoms with Crippen molar-refractivity contribution in [3.8, 4) is 11.1 Å². The minimum Gasteiger partial charge on any atom is -0.396 e. The highest BCUT2D eigenvalue weighted by molar-refractivity contribution is 6.56. The highest BCUT2D eigenvalue weighted by Gasteiger charge is 2.20. The van der Waals surface area contributed by atoms with Crippen LogP contribution in [0.5, 0.6) is 0 Å². The molecule has 2 aromatic rings. The standard InChI is InChI=1S/C12H5Cl5FN/c13-8-7(4-1-2-6(19)5(18)3-4)9(14)11(16)12(17)10(8)15/h1-3H,19H2. The van der Waals surface area contributed by atoms with E-state index >= 15 is 0 Å². The minimum atomic E-state index is -0.591. The fourth-order valence-corrected chi connectivity index (χ4v) is 2.90. The molecule has 2 rings (SSSR count). The van der Waals surface area contributed by atoms with Crippen molar-refractivity contribution in [2.24, 2.45) is 0 Å². The Labute approximate surface area is 134 Å². The lowest BCUT2D eigenvalue weighted by Crippen LogP contribution is -1.92. The van der Waals surface area contributed by atoms with Crippen LogP contribution in [-0.2, 0) is 0 Å². The Morgan fingerprint density at radius 1 is 0.789 bits per heavy atom. The molecule has 2 N–H and O–H groups in total. The molecule has 0 heterocycles. The maximum absolute atomic E-state index is 13.5. The summed E-state index contributed by atoms with van der Waals surface area (Å²) in [6.45, 7) is 0. The van der Waals surface area contributed by atoms with E-state index in [1.807, 2.05) is 0 Å². The molecule has 0 unspecified atom stereocenters. The molecule has 0 radical (unpaired) electrons. The van der Waals surface area contributed by atoms with E-state index in [0.29, 0.717) is 11.1 Å². The van der Waals surface area contributed by atoms with Gasteiger partial charge in [-0.15, -0.1) is 0 Å². The lowest BCUT2D eigenvalue weighted by atomic mass is 10.0. The van der Waals surface area contributed by atoms with Gasteiger partial charge in [0.15, 0.2) is 0 Å². The average Bonchev–Trinajstić information content (AvgIpc) is 2.38. The third-order valence-electron chi connectivity index (χ3n) is 2.50. The highest BCUT2D eigenvalue weighted by atomic mass is 35.5. The topological polar surface area (TPSA) is 26.0 Å². The van der Waals surface area contributed by atoms with E-state index in [9.17, 15) is 4.39 Å². The van der Waals surface area contributed by atoms with Crippen molar-refractivity contribution in [2.45, 2.75) is 0 Å². The minimum absolute atomic E-state index is 0.0159. The monoisotopic (exact) mass is 357 g/mol. The number of halogens is 6. The Morgan fingerprint density at radius 3 is 1.74 bits per heavy atom. The number of hydrogen-bond donors (Lipinski definition) is 1. The fraction of sp³-hybridized carbons (Fsp3) is 0. The van der Waals surface area contributed by atoms with Gasteiger partial charge < -0.3 is 5.73 Å². The predicted octanol–water partition coefficient (Wildman–Crippen LogP) is 6.34. The molecule has 2 aromatic carbocycles. The van der Waals surface area contributed by atoms with Crippen molar-refractivity contribution in [3.63, 3.8) is 0 Å². The van der Waals surface area contributed by atoms with Crippen molar-refractivity contribution in [2.75, 3.05) is 5.73 Å². The van der Waals surface area contributed by atoms with Crippen LogP contribution in [0.4, 0.5) is 10.1 Å². The van der Waals surface area contributed by atoms with Crippen LogP contribution in [0.3, 0.4) is 0 Å². The molecule has 0 spiro atoms. The zero-order valence-corrected chi connectivity index (χ0v) is 12.9. The summed E-state index contributed by atoms with van der Waals surface area (Å²) in [7, 11) is 0. The van der Waals surface area contributed by atoms with Gasteiger partial charge in [0, 0.05) is 5.56 Å². The first-order chi connectivity index (χ1) is 8.84. The van der Waals surface area contributed by atoms with Gasteiger partial charge in [0.05, 0.1) is 30.8 Å². The fourth-order valence-electron chi connectivity index (χ4n) is 1.54. The molecular weight excluding hydrogens is 354 g/mol. The van der Waals surface area contributed by atoms with Crippen molar-refractivity contribution in [1.82, 2.24) is 0 Å². The number of nitrogens with two attached hydrogens (primary N) is 1. The lowest BCUT2D eigenvalue weighted by Gasteiger charge is -2.13. The zero-order valence-electron chi connectivity index (χ0n) is 9.08. The second-order valence-electron chi connectivity index (χ2n) is 3.68. The molecule has 0 saturated carbocycles. The molecule has 7 heteroatoms. The summed E-state index contributed by atoms with van der Waals surface area (Å²) in [4.78, 5) is 0. The van der Waals surface area contributed by atoms with Gasteiger partial charge in [0.1, 0.15) is 5.82 Å². The molecule has 0 amide bonds. The van der Waals surface area contributed by atoms with E-state index in [0.717, 1.165) is 0 Å². The van der Waals surface area contributed by atoms with Crippen LogP contribution >= 0.6 is 58.0 Å². The molecule has 0 atom stereocenters. The van der Waals surface area contributed by atoms with Crippen LogP contribution in [0.2, 0.25) is 25.1 Å². The summed E-state index contributed by atoms with van der Waals surface area (Å²) in [6, 6.07) is 4.16. The van der Waals surface area contributed by atoms with Gasteiger partial charge in [-0.25, -0.2) is 4.39 Å². The maximum Gasteiger partial charge on any atom is 0.146 e. The molecular formula is C12H5Cl5FN. The number of anilines is 1. The first-order valence-corrected chi connectivity index (χ1v) is 6.80. The van der Waals surface area contributed by atoms with E-state index in [1.165, 1.54) is 12.1 Å². The van der Waals surface area contributed by atoms with Gasteiger partial charge >= 0.3 is 0 Å². The van der Waals surface area contributed by atoms with Crippen LogP contribution in [0.1, 0.15) is 0 Å². The summed E-state index contributed by atoms with van der Waals surface area (Å²) < 4.78 is 13.5. The predicted molar refractivity (Wildman–Crippen MR) is 81.3 cm³/mol.